The number of fused-ring (bicyclic) bond motifs is 1. The molecular weight excluding hydrogens is 211 g/mol. The Morgan fingerprint density at radius 3 is 3.00 bits per heavy atom. The molecule has 0 amide bonds. The first kappa shape index (κ1) is 8.97. The van der Waals surface area contributed by atoms with Gasteiger partial charge in [0.2, 0.25) is 0 Å². The van der Waals surface area contributed by atoms with E-state index in [0.29, 0.717) is 29.0 Å². The van der Waals surface area contributed by atoms with E-state index < -0.39 is 0 Å². The first-order valence-electron chi connectivity index (χ1n) is 3.94. The second kappa shape index (κ2) is 3.64. The quantitative estimate of drug-likeness (QED) is 0.676. The average Bonchev–Trinajstić information content (AvgIpc) is 2.17. The summed E-state index contributed by atoms with van der Waals surface area (Å²) in [4.78, 5) is 0. The van der Waals surface area contributed by atoms with Crippen LogP contribution in [0.5, 0.6) is 11.5 Å². The lowest BCUT2D eigenvalue weighted by atomic mass is 10.3. The van der Waals surface area contributed by atoms with Crippen LogP contribution in [0.25, 0.3) is 0 Å². The second-order valence-electron chi connectivity index (χ2n) is 2.80. The molecule has 1 atom stereocenters. The zero-order valence-corrected chi connectivity index (χ0v) is 8.31. The maximum Gasteiger partial charge on any atom is 0.162 e. The van der Waals surface area contributed by atoms with Gasteiger partial charge < -0.3 is 9.47 Å². The van der Waals surface area contributed by atoms with Crippen LogP contribution in [0.1, 0.15) is 0 Å². The van der Waals surface area contributed by atoms with Crippen LogP contribution in [0.3, 0.4) is 0 Å². The number of benzene rings is 1. The zero-order valence-electron chi connectivity index (χ0n) is 6.80. The molecule has 0 spiro atoms. The average molecular weight is 219 g/mol. The van der Waals surface area contributed by atoms with E-state index >= 15 is 0 Å². The van der Waals surface area contributed by atoms with Crippen LogP contribution < -0.4 is 9.47 Å². The van der Waals surface area contributed by atoms with E-state index in [4.69, 9.17) is 32.7 Å². The van der Waals surface area contributed by atoms with Gasteiger partial charge in [0.25, 0.3) is 0 Å². The van der Waals surface area contributed by atoms with E-state index in [1.165, 1.54) is 0 Å². The van der Waals surface area contributed by atoms with Crippen molar-refractivity contribution in [2.24, 2.45) is 0 Å². The summed E-state index contributed by atoms with van der Waals surface area (Å²) in [5, 5.41) is 0.645. The second-order valence-corrected chi connectivity index (χ2v) is 3.54. The van der Waals surface area contributed by atoms with Crippen LogP contribution in [0.2, 0.25) is 5.02 Å². The molecule has 0 saturated heterocycles. The molecule has 70 valence electrons. The number of hydrogen-bond acceptors (Lipinski definition) is 2. The molecule has 0 aromatic heterocycles. The van der Waals surface area contributed by atoms with Gasteiger partial charge in [-0.1, -0.05) is 11.6 Å². The predicted molar refractivity (Wildman–Crippen MR) is 52.1 cm³/mol. The fourth-order valence-corrected chi connectivity index (χ4v) is 1.48. The Hall–Kier alpha value is -0.600. The monoisotopic (exact) mass is 218 g/mol. The van der Waals surface area contributed by atoms with Crippen molar-refractivity contribution in [1.82, 2.24) is 0 Å². The summed E-state index contributed by atoms with van der Waals surface area (Å²) in [6.45, 7) is 0.483. The number of rotatable bonds is 1. The van der Waals surface area contributed by atoms with Crippen LogP contribution in [0.15, 0.2) is 18.2 Å². The van der Waals surface area contributed by atoms with E-state index in [1.807, 2.05) is 0 Å². The topological polar surface area (TPSA) is 18.5 Å². The van der Waals surface area contributed by atoms with Gasteiger partial charge in [-0.05, 0) is 12.1 Å². The third-order valence-electron chi connectivity index (χ3n) is 1.80. The lowest BCUT2D eigenvalue weighted by Crippen LogP contribution is -2.30. The van der Waals surface area contributed by atoms with Crippen molar-refractivity contribution in [3.05, 3.63) is 23.2 Å². The summed E-state index contributed by atoms with van der Waals surface area (Å²) in [7, 11) is 0. The maximum atomic E-state index is 5.79. The Morgan fingerprint density at radius 2 is 2.23 bits per heavy atom. The summed E-state index contributed by atoms with van der Waals surface area (Å²) in [5.74, 6) is 1.83. The molecular formula is C9H8Cl2O2. The fourth-order valence-electron chi connectivity index (χ4n) is 1.16. The van der Waals surface area contributed by atoms with Gasteiger partial charge >= 0.3 is 0 Å². The summed E-state index contributed by atoms with van der Waals surface area (Å²) in [6, 6.07) is 5.29. The minimum atomic E-state index is -0.0599. The molecule has 1 aromatic rings. The molecule has 4 heteroatoms. The summed E-state index contributed by atoms with van der Waals surface area (Å²) in [5.41, 5.74) is 0. The van der Waals surface area contributed by atoms with E-state index in [2.05, 4.69) is 0 Å². The molecule has 13 heavy (non-hydrogen) atoms. The van der Waals surface area contributed by atoms with Gasteiger partial charge in [0.05, 0.1) is 5.88 Å². The minimum absolute atomic E-state index is 0.0599. The van der Waals surface area contributed by atoms with E-state index in [1.54, 1.807) is 18.2 Å². The molecule has 2 nitrogen and oxygen atoms in total. The standard InChI is InChI=1S/C9H8Cl2O2/c10-4-7-5-12-9-3-6(11)1-2-8(9)13-7/h1-3,7H,4-5H2. The normalized spacial score (nSPS) is 20.0. The summed E-state index contributed by atoms with van der Waals surface area (Å²) >= 11 is 11.4. The number of ether oxygens (including phenoxy) is 2. The molecule has 1 aliphatic heterocycles. The SMILES string of the molecule is ClCC1COc2cc(Cl)ccc2O1. The molecule has 0 radical (unpaired) electrons. The van der Waals surface area contributed by atoms with Crippen molar-refractivity contribution in [1.29, 1.82) is 0 Å². The third-order valence-corrected chi connectivity index (χ3v) is 2.38. The lowest BCUT2D eigenvalue weighted by molar-refractivity contribution is 0.106. The molecule has 1 aliphatic rings. The summed E-state index contributed by atoms with van der Waals surface area (Å²) in [6.07, 6.45) is -0.0599. The van der Waals surface area contributed by atoms with Gasteiger partial charge in [-0.25, -0.2) is 0 Å². The van der Waals surface area contributed by atoms with Crippen molar-refractivity contribution in [2.45, 2.75) is 6.10 Å². The van der Waals surface area contributed by atoms with E-state index in [-0.39, 0.29) is 6.10 Å². The van der Waals surface area contributed by atoms with Crippen molar-refractivity contribution in [2.75, 3.05) is 12.5 Å². The van der Waals surface area contributed by atoms with Crippen molar-refractivity contribution in [3.8, 4) is 11.5 Å². The van der Waals surface area contributed by atoms with Crippen LogP contribution in [0.4, 0.5) is 0 Å². The van der Waals surface area contributed by atoms with Gasteiger partial charge in [0.15, 0.2) is 11.5 Å². The molecule has 1 unspecified atom stereocenters. The van der Waals surface area contributed by atoms with Crippen LogP contribution in [-0.4, -0.2) is 18.6 Å². The van der Waals surface area contributed by atoms with Crippen molar-refractivity contribution >= 4 is 23.2 Å². The van der Waals surface area contributed by atoms with Gasteiger partial charge in [0, 0.05) is 11.1 Å². The lowest BCUT2D eigenvalue weighted by Gasteiger charge is -2.24. The highest BCUT2D eigenvalue weighted by atomic mass is 35.5. The van der Waals surface area contributed by atoms with Crippen LogP contribution in [-0.2, 0) is 0 Å². The number of hydrogen-bond donors (Lipinski definition) is 0. The Labute approximate surface area is 86.4 Å². The molecule has 1 aromatic carbocycles. The fraction of sp³-hybridized carbons (Fsp3) is 0.333. The van der Waals surface area contributed by atoms with Gasteiger partial charge in [-0.15, -0.1) is 11.6 Å². The largest absolute Gasteiger partial charge is 0.486 e. The number of alkyl halides is 1. The first-order valence-corrected chi connectivity index (χ1v) is 4.86. The molecule has 0 aliphatic carbocycles. The predicted octanol–water partition coefficient (Wildman–Crippen LogP) is 2.72. The Bertz CT molecular complexity index is 314. The molecule has 0 bridgehead atoms. The van der Waals surface area contributed by atoms with E-state index in [9.17, 15) is 0 Å². The van der Waals surface area contributed by atoms with Crippen LogP contribution in [0, 0.1) is 0 Å². The third kappa shape index (κ3) is 1.84. The first-order chi connectivity index (χ1) is 6.29. The van der Waals surface area contributed by atoms with Crippen LogP contribution >= 0.6 is 23.2 Å². The molecule has 0 fully saturated rings. The van der Waals surface area contributed by atoms with E-state index in [0.717, 1.165) is 0 Å². The minimum Gasteiger partial charge on any atom is -0.486 e. The Morgan fingerprint density at radius 1 is 1.38 bits per heavy atom. The highest BCUT2D eigenvalue weighted by molar-refractivity contribution is 6.30. The van der Waals surface area contributed by atoms with Gasteiger partial charge in [0.1, 0.15) is 12.7 Å². The van der Waals surface area contributed by atoms with Crippen molar-refractivity contribution in [3.63, 3.8) is 0 Å². The van der Waals surface area contributed by atoms with Gasteiger partial charge in [-0.2, -0.15) is 0 Å². The Kier molecular flexibility index (Phi) is 2.51. The van der Waals surface area contributed by atoms with Crippen molar-refractivity contribution < 1.29 is 9.47 Å². The number of halogens is 2. The molecule has 0 saturated carbocycles. The molecule has 1 heterocycles. The highest BCUT2D eigenvalue weighted by Gasteiger charge is 2.19. The Balaban J connectivity index is 2.26. The zero-order chi connectivity index (χ0) is 9.26. The smallest absolute Gasteiger partial charge is 0.162 e. The summed E-state index contributed by atoms with van der Waals surface area (Å²) < 4.78 is 10.9. The molecule has 2 rings (SSSR count). The highest BCUT2D eigenvalue weighted by Crippen LogP contribution is 2.34. The maximum absolute atomic E-state index is 5.79. The molecule has 0 N–H and O–H groups in total. The van der Waals surface area contributed by atoms with Gasteiger partial charge in [-0.3, -0.25) is 0 Å².